The van der Waals surface area contributed by atoms with Crippen LogP contribution in [-0.4, -0.2) is 22.9 Å². The van der Waals surface area contributed by atoms with Crippen molar-refractivity contribution in [2.75, 3.05) is 7.11 Å². The summed E-state index contributed by atoms with van der Waals surface area (Å²) >= 11 is 0. The average molecular weight is 285 g/mol. The molecule has 0 radical (unpaired) electrons. The van der Waals surface area contributed by atoms with Crippen molar-refractivity contribution in [1.29, 1.82) is 0 Å². The zero-order chi connectivity index (χ0) is 14.8. The standard InChI is InChI=1S/C17H23N3O/c1-12-15(11-19-20(12)2)10-18-16-8-14(9-16)13-4-6-17(21-3)7-5-13/h4-7,11,14,16,18H,8-10H2,1-3H3. The normalized spacial score (nSPS) is 21.1. The summed E-state index contributed by atoms with van der Waals surface area (Å²) in [6, 6.07) is 9.09. The summed E-state index contributed by atoms with van der Waals surface area (Å²) in [5, 5.41) is 7.92. The Kier molecular flexibility index (Phi) is 3.97. The quantitative estimate of drug-likeness (QED) is 0.918. The topological polar surface area (TPSA) is 39.1 Å². The lowest BCUT2D eigenvalue weighted by Gasteiger charge is -2.36. The summed E-state index contributed by atoms with van der Waals surface area (Å²) in [5.74, 6) is 1.61. The predicted molar refractivity (Wildman–Crippen MR) is 83.5 cm³/mol. The molecule has 0 spiro atoms. The summed E-state index contributed by atoms with van der Waals surface area (Å²) in [5.41, 5.74) is 3.96. The number of nitrogens with one attached hydrogen (secondary N) is 1. The molecule has 2 aromatic rings. The van der Waals surface area contributed by atoms with E-state index in [2.05, 4.69) is 41.6 Å². The van der Waals surface area contributed by atoms with Crippen LogP contribution in [0.3, 0.4) is 0 Å². The SMILES string of the molecule is COc1ccc(C2CC(NCc3cnn(C)c3C)C2)cc1. The van der Waals surface area contributed by atoms with Gasteiger partial charge in [-0.05, 0) is 43.4 Å². The second kappa shape index (κ2) is 5.90. The van der Waals surface area contributed by atoms with Crippen LogP contribution in [0.5, 0.6) is 5.75 Å². The molecule has 4 nitrogen and oxygen atoms in total. The van der Waals surface area contributed by atoms with Gasteiger partial charge >= 0.3 is 0 Å². The molecule has 0 bridgehead atoms. The molecule has 0 atom stereocenters. The predicted octanol–water partition coefficient (Wildman–Crippen LogP) is 2.77. The van der Waals surface area contributed by atoms with Gasteiger partial charge in [-0.3, -0.25) is 4.68 Å². The Balaban J connectivity index is 1.48. The van der Waals surface area contributed by atoms with E-state index in [-0.39, 0.29) is 0 Å². The number of hydrogen-bond acceptors (Lipinski definition) is 3. The van der Waals surface area contributed by atoms with Crippen molar-refractivity contribution >= 4 is 0 Å². The van der Waals surface area contributed by atoms with Crippen molar-refractivity contribution in [3.8, 4) is 5.75 Å². The first-order valence-corrected chi connectivity index (χ1v) is 7.52. The molecular formula is C17H23N3O. The van der Waals surface area contributed by atoms with Crippen LogP contribution in [0.2, 0.25) is 0 Å². The van der Waals surface area contributed by atoms with Crippen molar-refractivity contribution in [3.05, 3.63) is 47.3 Å². The summed E-state index contributed by atoms with van der Waals surface area (Å²) in [7, 11) is 3.70. The molecule has 1 aromatic carbocycles. The molecule has 1 fully saturated rings. The fraction of sp³-hybridized carbons (Fsp3) is 0.471. The molecule has 1 aliphatic rings. The van der Waals surface area contributed by atoms with Gasteiger partial charge in [-0.15, -0.1) is 0 Å². The number of aromatic nitrogens is 2. The lowest BCUT2D eigenvalue weighted by molar-refractivity contribution is 0.289. The van der Waals surface area contributed by atoms with Crippen molar-refractivity contribution in [2.24, 2.45) is 7.05 Å². The zero-order valence-corrected chi connectivity index (χ0v) is 13.0. The lowest BCUT2D eigenvalue weighted by Crippen LogP contribution is -2.39. The van der Waals surface area contributed by atoms with Crippen LogP contribution in [0, 0.1) is 6.92 Å². The molecule has 1 N–H and O–H groups in total. The van der Waals surface area contributed by atoms with Gasteiger partial charge in [0.05, 0.1) is 13.3 Å². The largest absolute Gasteiger partial charge is 0.497 e. The highest BCUT2D eigenvalue weighted by Crippen LogP contribution is 2.37. The Morgan fingerprint density at radius 2 is 2.00 bits per heavy atom. The van der Waals surface area contributed by atoms with Crippen LogP contribution >= 0.6 is 0 Å². The maximum atomic E-state index is 5.20. The summed E-state index contributed by atoms with van der Waals surface area (Å²) in [4.78, 5) is 0. The maximum Gasteiger partial charge on any atom is 0.118 e. The van der Waals surface area contributed by atoms with Gasteiger partial charge in [-0.25, -0.2) is 0 Å². The fourth-order valence-corrected chi connectivity index (χ4v) is 2.90. The number of methoxy groups -OCH3 is 1. The second-order valence-corrected chi connectivity index (χ2v) is 5.90. The van der Waals surface area contributed by atoms with E-state index in [0.717, 1.165) is 12.3 Å². The van der Waals surface area contributed by atoms with E-state index in [1.54, 1.807) is 7.11 Å². The lowest BCUT2D eigenvalue weighted by atomic mass is 9.76. The highest BCUT2D eigenvalue weighted by molar-refractivity contribution is 5.31. The Labute approximate surface area is 126 Å². The van der Waals surface area contributed by atoms with Crippen LogP contribution < -0.4 is 10.1 Å². The van der Waals surface area contributed by atoms with Crippen LogP contribution in [0.25, 0.3) is 0 Å². The van der Waals surface area contributed by atoms with Gasteiger partial charge in [-0.1, -0.05) is 12.1 Å². The molecule has 4 heteroatoms. The molecule has 0 amide bonds. The third-order valence-corrected chi connectivity index (χ3v) is 4.64. The highest BCUT2D eigenvalue weighted by atomic mass is 16.5. The van der Waals surface area contributed by atoms with E-state index < -0.39 is 0 Å². The van der Waals surface area contributed by atoms with Gasteiger partial charge in [0.2, 0.25) is 0 Å². The van der Waals surface area contributed by atoms with E-state index >= 15 is 0 Å². The molecule has 0 unspecified atom stereocenters. The number of aryl methyl sites for hydroxylation is 1. The van der Waals surface area contributed by atoms with Gasteiger partial charge in [0.1, 0.15) is 5.75 Å². The van der Waals surface area contributed by atoms with E-state index in [4.69, 9.17) is 4.74 Å². The molecule has 1 saturated carbocycles. The van der Waals surface area contributed by atoms with Crippen LogP contribution in [0.15, 0.2) is 30.5 Å². The molecule has 21 heavy (non-hydrogen) atoms. The number of benzene rings is 1. The second-order valence-electron chi connectivity index (χ2n) is 5.90. The average Bonchev–Trinajstić information content (AvgIpc) is 2.78. The van der Waals surface area contributed by atoms with Crippen LogP contribution in [0.1, 0.15) is 35.6 Å². The zero-order valence-electron chi connectivity index (χ0n) is 13.0. The van der Waals surface area contributed by atoms with Crippen LogP contribution in [0.4, 0.5) is 0 Å². The summed E-state index contributed by atoms with van der Waals surface area (Å²) in [6.45, 7) is 3.03. The molecular weight excluding hydrogens is 262 g/mol. The van der Waals surface area contributed by atoms with Gasteiger partial charge < -0.3 is 10.1 Å². The van der Waals surface area contributed by atoms with Gasteiger partial charge in [0.15, 0.2) is 0 Å². The first-order chi connectivity index (χ1) is 10.2. The van der Waals surface area contributed by atoms with Crippen molar-refractivity contribution in [1.82, 2.24) is 15.1 Å². The minimum Gasteiger partial charge on any atom is -0.497 e. The van der Waals surface area contributed by atoms with Gasteiger partial charge in [0, 0.05) is 30.9 Å². The third kappa shape index (κ3) is 2.95. The molecule has 112 valence electrons. The highest BCUT2D eigenvalue weighted by Gasteiger charge is 2.29. The number of rotatable bonds is 5. The Bertz CT molecular complexity index is 597. The summed E-state index contributed by atoms with van der Waals surface area (Å²) in [6.07, 6.45) is 4.39. The third-order valence-electron chi connectivity index (χ3n) is 4.64. The number of hydrogen-bond donors (Lipinski definition) is 1. The van der Waals surface area contributed by atoms with E-state index in [1.807, 2.05) is 17.9 Å². The maximum absolute atomic E-state index is 5.20. The first kappa shape index (κ1) is 14.1. The van der Waals surface area contributed by atoms with Crippen molar-refractivity contribution in [3.63, 3.8) is 0 Å². The summed E-state index contributed by atoms with van der Waals surface area (Å²) < 4.78 is 7.13. The van der Waals surface area contributed by atoms with E-state index in [0.29, 0.717) is 12.0 Å². The molecule has 3 rings (SSSR count). The van der Waals surface area contributed by atoms with Crippen LogP contribution in [-0.2, 0) is 13.6 Å². The van der Waals surface area contributed by atoms with Gasteiger partial charge in [0.25, 0.3) is 0 Å². The number of nitrogens with zero attached hydrogens (tertiary/aromatic N) is 2. The molecule has 0 aliphatic heterocycles. The molecule has 1 aromatic heterocycles. The first-order valence-electron chi connectivity index (χ1n) is 7.52. The Morgan fingerprint density at radius 1 is 1.29 bits per heavy atom. The monoisotopic (exact) mass is 285 g/mol. The molecule has 0 saturated heterocycles. The van der Waals surface area contributed by atoms with Crippen molar-refractivity contribution < 1.29 is 4.74 Å². The smallest absolute Gasteiger partial charge is 0.118 e. The fourth-order valence-electron chi connectivity index (χ4n) is 2.90. The van der Waals surface area contributed by atoms with E-state index in [1.165, 1.54) is 29.7 Å². The molecule has 1 heterocycles. The minimum absolute atomic E-state index is 0.622. The minimum atomic E-state index is 0.622. The van der Waals surface area contributed by atoms with E-state index in [9.17, 15) is 0 Å². The number of ether oxygens (including phenoxy) is 1. The van der Waals surface area contributed by atoms with Gasteiger partial charge in [-0.2, -0.15) is 5.10 Å². The Hall–Kier alpha value is -1.81. The Morgan fingerprint density at radius 3 is 2.57 bits per heavy atom. The van der Waals surface area contributed by atoms with Crippen molar-refractivity contribution in [2.45, 2.75) is 38.3 Å². The molecule has 1 aliphatic carbocycles.